The van der Waals surface area contributed by atoms with Crippen molar-refractivity contribution in [3.63, 3.8) is 0 Å². The zero-order valence-electron chi connectivity index (χ0n) is 12.6. The van der Waals surface area contributed by atoms with Gasteiger partial charge in [-0.3, -0.25) is 0 Å². The van der Waals surface area contributed by atoms with Crippen molar-refractivity contribution in [2.75, 3.05) is 12.4 Å². The minimum Gasteiger partial charge on any atom is -0.497 e. The first kappa shape index (κ1) is 16.3. The highest BCUT2D eigenvalue weighted by atomic mass is 16.5. The quantitative estimate of drug-likeness (QED) is 0.673. The number of aliphatic carboxylic acids is 1. The highest BCUT2D eigenvalue weighted by Gasteiger charge is 2.32. The second-order valence-corrected chi connectivity index (χ2v) is 5.30. The Bertz CT molecular complexity index is 416. The van der Waals surface area contributed by atoms with Crippen molar-refractivity contribution in [2.45, 2.75) is 51.5 Å². The molecule has 0 amide bonds. The number of hydrogen-bond donors (Lipinski definition) is 2. The van der Waals surface area contributed by atoms with Crippen LogP contribution in [-0.4, -0.2) is 23.7 Å². The molecule has 4 nitrogen and oxygen atoms in total. The van der Waals surface area contributed by atoms with Gasteiger partial charge >= 0.3 is 5.97 Å². The Morgan fingerprint density at radius 2 is 1.90 bits per heavy atom. The first-order valence-electron chi connectivity index (χ1n) is 7.17. The van der Waals surface area contributed by atoms with Crippen LogP contribution in [0.3, 0.4) is 0 Å². The second kappa shape index (κ2) is 7.78. The molecule has 0 bridgehead atoms. The molecular formula is C16H25NO3. The topological polar surface area (TPSA) is 58.6 Å². The van der Waals surface area contributed by atoms with E-state index in [1.54, 1.807) is 14.0 Å². The van der Waals surface area contributed by atoms with Crippen LogP contribution < -0.4 is 10.1 Å². The third kappa shape index (κ3) is 4.76. The zero-order valence-corrected chi connectivity index (χ0v) is 12.6. The molecule has 0 aromatic heterocycles. The molecule has 0 saturated heterocycles. The molecule has 0 fully saturated rings. The summed E-state index contributed by atoms with van der Waals surface area (Å²) in [5.41, 5.74) is -0.131. The molecule has 0 heterocycles. The minimum absolute atomic E-state index is 0.619. The highest BCUT2D eigenvalue weighted by Crippen LogP contribution is 2.23. The highest BCUT2D eigenvalue weighted by molar-refractivity contribution is 5.82. The average molecular weight is 279 g/mol. The fraction of sp³-hybridized carbons (Fsp3) is 0.562. The molecule has 0 aliphatic rings. The summed E-state index contributed by atoms with van der Waals surface area (Å²) in [5, 5.41) is 12.6. The lowest BCUT2D eigenvalue weighted by atomic mass is 9.93. The predicted octanol–water partition coefficient (Wildman–Crippen LogP) is 3.92. The van der Waals surface area contributed by atoms with E-state index in [0.29, 0.717) is 6.42 Å². The van der Waals surface area contributed by atoms with Gasteiger partial charge in [-0.25, -0.2) is 4.79 Å². The van der Waals surface area contributed by atoms with Crippen molar-refractivity contribution in [1.29, 1.82) is 0 Å². The van der Waals surface area contributed by atoms with Gasteiger partial charge in [-0.05, 0) is 37.6 Å². The van der Waals surface area contributed by atoms with Crippen LogP contribution in [0.1, 0.15) is 46.0 Å². The lowest BCUT2D eigenvalue weighted by molar-refractivity contribution is -0.142. The van der Waals surface area contributed by atoms with Gasteiger partial charge in [0.05, 0.1) is 7.11 Å². The van der Waals surface area contributed by atoms with E-state index < -0.39 is 11.5 Å². The second-order valence-electron chi connectivity index (χ2n) is 5.30. The van der Waals surface area contributed by atoms with Crippen LogP contribution in [0.15, 0.2) is 24.3 Å². The molecule has 0 saturated carbocycles. The number of carboxylic acids is 1. The zero-order chi connectivity index (χ0) is 15.0. The minimum atomic E-state index is -0.928. The van der Waals surface area contributed by atoms with E-state index in [9.17, 15) is 9.90 Å². The summed E-state index contributed by atoms with van der Waals surface area (Å²) in [6.07, 6.45) is 4.91. The Labute approximate surface area is 121 Å². The molecule has 112 valence electrons. The molecule has 20 heavy (non-hydrogen) atoms. The number of hydrogen-bond acceptors (Lipinski definition) is 3. The predicted molar refractivity (Wildman–Crippen MR) is 81.4 cm³/mol. The van der Waals surface area contributed by atoms with Gasteiger partial charge in [-0.15, -0.1) is 0 Å². The first-order chi connectivity index (χ1) is 9.51. The monoisotopic (exact) mass is 279 g/mol. The first-order valence-corrected chi connectivity index (χ1v) is 7.17. The number of ether oxygens (including phenoxy) is 1. The largest absolute Gasteiger partial charge is 0.497 e. The smallest absolute Gasteiger partial charge is 0.329 e. The molecule has 0 aliphatic carbocycles. The molecule has 0 radical (unpaired) electrons. The van der Waals surface area contributed by atoms with Crippen LogP contribution in [0, 0.1) is 0 Å². The van der Waals surface area contributed by atoms with E-state index in [1.807, 2.05) is 24.3 Å². The number of nitrogens with one attached hydrogen (secondary N) is 1. The van der Waals surface area contributed by atoms with Crippen molar-refractivity contribution < 1.29 is 14.6 Å². The van der Waals surface area contributed by atoms with Crippen molar-refractivity contribution in [1.82, 2.24) is 0 Å². The number of carbonyl (C=O) groups is 1. The van der Waals surface area contributed by atoms with Crippen molar-refractivity contribution in [3.05, 3.63) is 24.3 Å². The van der Waals surface area contributed by atoms with Crippen LogP contribution in [-0.2, 0) is 4.79 Å². The summed E-state index contributed by atoms with van der Waals surface area (Å²) < 4.78 is 5.09. The molecular weight excluding hydrogens is 254 g/mol. The summed E-state index contributed by atoms with van der Waals surface area (Å²) in [7, 11) is 1.61. The van der Waals surface area contributed by atoms with Gasteiger partial charge in [0, 0.05) is 5.69 Å². The van der Waals surface area contributed by atoms with Gasteiger partial charge in [-0.2, -0.15) is 0 Å². The van der Waals surface area contributed by atoms with E-state index in [1.165, 1.54) is 0 Å². The van der Waals surface area contributed by atoms with Gasteiger partial charge in [0.2, 0.25) is 0 Å². The maximum atomic E-state index is 11.5. The van der Waals surface area contributed by atoms with Gasteiger partial charge in [-0.1, -0.05) is 32.6 Å². The molecule has 1 aromatic carbocycles. The fourth-order valence-corrected chi connectivity index (χ4v) is 2.12. The van der Waals surface area contributed by atoms with E-state index in [0.717, 1.165) is 37.1 Å². The SMILES string of the molecule is CCCCCCC(C)(Nc1ccc(OC)cc1)C(=O)O. The van der Waals surface area contributed by atoms with Crippen molar-refractivity contribution in [2.24, 2.45) is 0 Å². The maximum Gasteiger partial charge on any atom is 0.329 e. The maximum absolute atomic E-state index is 11.5. The van der Waals surface area contributed by atoms with E-state index in [4.69, 9.17) is 4.74 Å². The molecule has 2 N–H and O–H groups in total. The number of rotatable bonds is 9. The Kier molecular flexibility index (Phi) is 6.36. The fourth-order valence-electron chi connectivity index (χ4n) is 2.12. The van der Waals surface area contributed by atoms with Crippen LogP contribution in [0.5, 0.6) is 5.75 Å². The Morgan fingerprint density at radius 3 is 2.40 bits per heavy atom. The molecule has 0 aliphatic heterocycles. The number of unbranched alkanes of at least 4 members (excludes halogenated alkanes) is 3. The molecule has 0 spiro atoms. The van der Waals surface area contributed by atoms with Gasteiger partial charge in [0.1, 0.15) is 11.3 Å². The lowest BCUT2D eigenvalue weighted by Crippen LogP contribution is -2.43. The van der Waals surface area contributed by atoms with Gasteiger partial charge in [0.25, 0.3) is 0 Å². The van der Waals surface area contributed by atoms with Crippen LogP contribution in [0.25, 0.3) is 0 Å². The molecule has 1 rings (SSSR count). The van der Waals surface area contributed by atoms with E-state index >= 15 is 0 Å². The molecule has 1 aromatic rings. The van der Waals surface area contributed by atoms with Gasteiger partial charge < -0.3 is 15.2 Å². The third-order valence-corrected chi connectivity index (χ3v) is 3.51. The standard InChI is InChI=1S/C16H25NO3/c1-4-5-6-7-12-16(2,15(18)19)17-13-8-10-14(20-3)11-9-13/h8-11,17H,4-7,12H2,1-3H3,(H,18,19). The van der Waals surface area contributed by atoms with E-state index in [-0.39, 0.29) is 0 Å². The van der Waals surface area contributed by atoms with Crippen LogP contribution in [0.4, 0.5) is 5.69 Å². The Balaban J connectivity index is 2.66. The molecule has 1 unspecified atom stereocenters. The molecule has 4 heteroatoms. The number of methoxy groups -OCH3 is 1. The average Bonchev–Trinajstić information content (AvgIpc) is 2.44. The third-order valence-electron chi connectivity index (χ3n) is 3.51. The summed E-state index contributed by atoms with van der Waals surface area (Å²) in [5.74, 6) is -0.0552. The van der Waals surface area contributed by atoms with Crippen molar-refractivity contribution in [3.8, 4) is 5.75 Å². The van der Waals surface area contributed by atoms with E-state index in [2.05, 4.69) is 12.2 Å². The Hall–Kier alpha value is -1.71. The van der Waals surface area contributed by atoms with Crippen LogP contribution in [0.2, 0.25) is 0 Å². The van der Waals surface area contributed by atoms with Crippen LogP contribution >= 0.6 is 0 Å². The normalized spacial score (nSPS) is 13.6. The number of anilines is 1. The van der Waals surface area contributed by atoms with Crippen molar-refractivity contribution >= 4 is 11.7 Å². The summed E-state index contributed by atoms with van der Waals surface area (Å²) in [6.45, 7) is 3.89. The summed E-state index contributed by atoms with van der Waals surface area (Å²) >= 11 is 0. The summed E-state index contributed by atoms with van der Waals surface area (Å²) in [6, 6.07) is 7.32. The Morgan fingerprint density at radius 1 is 1.25 bits per heavy atom. The lowest BCUT2D eigenvalue weighted by Gasteiger charge is -2.27. The number of carboxylic acid groups (broad SMARTS) is 1. The summed E-state index contributed by atoms with van der Waals surface area (Å²) in [4.78, 5) is 11.5. The molecule has 1 atom stereocenters. The number of benzene rings is 1. The van der Waals surface area contributed by atoms with Gasteiger partial charge in [0.15, 0.2) is 0 Å².